The fraction of sp³-hybridized carbons (Fsp3) is 0.174. The number of carbonyl (C=O) groups excluding carboxylic acids is 1. The lowest BCUT2D eigenvalue weighted by atomic mass is 10.1. The summed E-state index contributed by atoms with van der Waals surface area (Å²) in [5.41, 5.74) is 11.2. The Morgan fingerprint density at radius 3 is 2.57 bits per heavy atom. The van der Waals surface area contributed by atoms with Crippen molar-refractivity contribution in [3.05, 3.63) is 77.1 Å². The lowest BCUT2D eigenvalue weighted by Crippen LogP contribution is -2.11. The molecule has 2 N–H and O–H groups in total. The van der Waals surface area contributed by atoms with Crippen LogP contribution < -0.4 is 15.2 Å². The van der Waals surface area contributed by atoms with Crippen LogP contribution >= 0.6 is 0 Å². The van der Waals surface area contributed by atoms with E-state index in [1.165, 1.54) is 0 Å². The van der Waals surface area contributed by atoms with Gasteiger partial charge in [-0.1, -0.05) is 12.1 Å². The standard InChI is InChI=1S/C23H22N4O3/c1-14-19(12-15-5-4-6-17(11-15)23(24)28)27-22(25-14)10-8-18(26-27)16-7-9-20(29-2)21(13-16)30-3/h4-11,13H,12H2,1-3H3,(H2,24,28). The van der Waals surface area contributed by atoms with Crippen LogP contribution in [0.1, 0.15) is 27.3 Å². The van der Waals surface area contributed by atoms with E-state index in [1.807, 2.05) is 53.9 Å². The molecule has 0 aliphatic carbocycles. The van der Waals surface area contributed by atoms with Crippen molar-refractivity contribution in [2.24, 2.45) is 5.73 Å². The van der Waals surface area contributed by atoms with Crippen molar-refractivity contribution in [3.63, 3.8) is 0 Å². The van der Waals surface area contributed by atoms with Gasteiger partial charge < -0.3 is 15.2 Å². The molecule has 0 saturated carbocycles. The highest BCUT2D eigenvalue weighted by Gasteiger charge is 2.14. The van der Waals surface area contributed by atoms with E-state index in [9.17, 15) is 4.79 Å². The average molecular weight is 402 g/mol. The fourth-order valence-corrected chi connectivity index (χ4v) is 3.47. The van der Waals surface area contributed by atoms with Gasteiger partial charge in [0.25, 0.3) is 0 Å². The van der Waals surface area contributed by atoms with Gasteiger partial charge in [-0.2, -0.15) is 5.10 Å². The summed E-state index contributed by atoms with van der Waals surface area (Å²) in [6.45, 7) is 1.96. The number of hydrogen-bond acceptors (Lipinski definition) is 5. The molecule has 4 rings (SSSR count). The number of amides is 1. The molecule has 2 aromatic heterocycles. The van der Waals surface area contributed by atoms with Gasteiger partial charge in [0, 0.05) is 17.5 Å². The number of ether oxygens (including phenoxy) is 2. The molecule has 0 fully saturated rings. The lowest BCUT2D eigenvalue weighted by Gasteiger charge is -2.10. The number of aryl methyl sites for hydroxylation is 1. The van der Waals surface area contributed by atoms with Gasteiger partial charge in [0.2, 0.25) is 5.91 Å². The minimum absolute atomic E-state index is 0.444. The van der Waals surface area contributed by atoms with Crippen LogP contribution in [0.3, 0.4) is 0 Å². The molecule has 0 bridgehead atoms. The van der Waals surface area contributed by atoms with Gasteiger partial charge in [-0.05, 0) is 55.0 Å². The molecular formula is C23H22N4O3. The van der Waals surface area contributed by atoms with Gasteiger partial charge in [-0.25, -0.2) is 9.50 Å². The second-order valence-corrected chi connectivity index (χ2v) is 6.94. The normalized spacial score (nSPS) is 10.9. The summed E-state index contributed by atoms with van der Waals surface area (Å²) in [6, 6.07) is 16.9. The molecule has 0 aliphatic rings. The number of imidazole rings is 1. The van der Waals surface area contributed by atoms with E-state index in [1.54, 1.807) is 26.4 Å². The summed E-state index contributed by atoms with van der Waals surface area (Å²) in [5.74, 6) is 0.860. The van der Waals surface area contributed by atoms with E-state index in [0.717, 1.165) is 33.9 Å². The number of hydrogen-bond donors (Lipinski definition) is 1. The number of benzene rings is 2. The van der Waals surface area contributed by atoms with Crippen LogP contribution in [-0.4, -0.2) is 34.7 Å². The lowest BCUT2D eigenvalue weighted by molar-refractivity contribution is 0.1000. The topological polar surface area (TPSA) is 91.7 Å². The SMILES string of the molecule is COc1ccc(-c2ccc3nc(C)c(Cc4cccc(C(N)=O)c4)n3n2)cc1OC. The summed E-state index contributed by atoms with van der Waals surface area (Å²) >= 11 is 0. The Kier molecular flexibility index (Phi) is 5.10. The Morgan fingerprint density at radius 1 is 1.03 bits per heavy atom. The summed E-state index contributed by atoms with van der Waals surface area (Å²) in [5, 5.41) is 4.82. The number of rotatable bonds is 6. The number of methoxy groups -OCH3 is 2. The Morgan fingerprint density at radius 2 is 1.83 bits per heavy atom. The largest absolute Gasteiger partial charge is 0.493 e. The Labute approximate surface area is 174 Å². The minimum Gasteiger partial charge on any atom is -0.493 e. The molecule has 2 heterocycles. The maximum Gasteiger partial charge on any atom is 0.248 e. The monoisotopic (exact) mass is 402 g/mol. The van der Waals surface area contributed by atoms with E-state index in [0.29, 0.717) is 23.5 Å². The molecule has 152 valence electrons. The molecule has 0 saturated heterocycles. The van der Waals surface area contributed by atoms with Crippen LogP contribution in [0.25, 0.3) is 16.9 Å². The van der Waals surface area contributed by atoms with Gasteiger partial charge in [0.15, 0.2) is 17.1 Å². The molecular weight excluding hydrogens is 380 g/mol. The van der Waals surface area contributed by atoms with Crippen LogP contribution in [-0.2, 0) is 6.42 Å². The molecule has 0 atom stereocenters. The van der Waals surface area contributed by atoms with E-state index in [4.69, 9.17) is 20.3 Å². The molecule has 0 aliphatic heterocycles. The first-order valence-electron chi connectivity index (χ1n) is 9.46. The Bertz CT molecular complexity index is 1250. The third kappa shape index (κ3) is 3.57. The van der Waals surface area contributed by atoms with E-state index >= 15 is 0 Å². The van der Waals surface area contributed by atoms with E-state index in [2.05, 4.69) is 4.98 Å². The zero-order valence-electron chi connectivity index (χ0n) is 17.0. The second-order valence-electron chi connectivity index (χ2n) is 6.94. The molecule has 30 heavy (non-hydrogen) atoms. The number of nitrogens with two attached hydrogens (primary N) is 1. The van der Waals surface area contributed by atoms with Crippen LogP contribution in [0, 0.1) is 6.92 Å². The maximum absolute atomic E-state index is 11.5. The number of carbonyl (C=O) groups is 1. The molecule has 7 nitrogen and oxygen atoms in total. The molecule has 0 radical (unpaired) electrons. The predicted molar refractivity (Wildman–Crippen MR) is 114 cm³/mol. The van der Waals surface area contributed by atoms with Gasteiger partial charge >= 0.3 is 0 Å². The first-order valence-corrected chi connectivity index (χ1v) is 9.46. The van der Waals surface area contributed by atoms with Gasteiger partial charge in [-0.15, -0.1) is 0 Å². The van der Waals surface area contributed by atoms with Crippen molar-refractivity contribution in [2.75, 3.05) is 14.2 Å². The maximum atomic E-state index is 11.5. The van der Waals surface area contributed by atoms with Crippen molar-refractivity contribution in [1.29, 1.82) is 0 Å². The molecule has 7 heteroatoms. The predicted octanol–water partition coefficient (Wildman–Crippen LogP) is 3.41. The first kappa shape index (κ1) is 19.4. The van der Waals surface area contributed by atoms with Crippen molar-refractivity contribution >= 4 is 11.6 Å². The molecule has 0 unspecified atom stereocenters. The van der Waals surface area contributed by atoms with E-state index < -0.39 is 5.91 Å². The van der Waals surface area contributed by atoms with Crippen molar-refractivity contribution in [2.45, 2.75) is 13.3 Å². The summed E-state index contributed by atoms with van der Waals surface area (Å²) in [4.78, 5) is 16.1. The quantitative estimate of drug-likeness (QED) is 0.534. The Balaban J connectivity index is 1.76. The smallest absolute Gasteiger partial charge is 0.248 e. The highest BCUT2D eigenvalue weighted by atomic mass is 16.5. The van der Waals surface area contributed by atoms with Crippen LogP contribution in [0.15, 0.2) is 54.6 Å². The number of fused-ring (bicyclic) bond motifs is 1. The highest BCUT2D eigenvalue weighted by molar-refractivity contribution is 5.92. The van der Waals surface area contributed by atoms with Gasteiger partial charge in [0.1, 0.15) is 0 Å². The van der Waals surface area contributed by atoms with Crippen LogP contribution in [0.4, 0.5) is 0 Å². The summed E-state index contributed by atoms with van der Waals surface area (Å²) in [6.07, 6.45) is 0.580. The molecule has 0 spiro atoms. The highest BCUT2D eigenvalue weighted by Crippen LogP contribution is 2.31. The Hall–Kier alpha value is -3.87. The molecule has 1 amide bonds. The number of primary amides is 1. The van der Waals surface area contributed by atoms with Crippen molar-refractivity contribution < 1.29 is 14.3 Å². The van der Waals surface area contributed by atoms with Crippen molar-refractivity contribution in [3.8, 4) is 22.8 Å². The zero-order valence-corrected chi connectivity index (χ0v) is 17.0. The van der Waals surface area contributed by atoms with E-state index in [-0.39, 0.29) is 0 Å². The summed E-state index contributed by atoms with van der Waals surface area (Å²) < 4.78 is 12.6. The fourth-order valence-electron chi connectivity index (χ4n) is 3.47. The zero-order chi connectivity index (χ0) is 21.3. The van der Waals surface area contributed by atoms with Gasteiger partial charge in [-0.3, -0.25) is 4.79 Å². The van der Waals surface area contributed by atoms with Gasteiger partial charge in [0.05, 0.1) is 31.3 Å². The number of nitrogens with zero attached hydrogens (tertiary/aromatic N) is 3. The van der Waals surface area contributed by atoms with Crippen molar-refractivity contribution in [1.82, 2.24) is 14.6 Å². The average Bonchev–Trinajstić information content (AvgIpc) is 3.07. The third-order valence-electron chi connectivity index (χ3n) is 5.03. The second kappa shape index (κ2) is 7.87. The number of aromatic nitrogens is 3. The van der Waals surface area contributed by atoms with Crippen LogP contribution in [0.5, 0.6) is 11.5 Å². The first-order chi connectivity index (χ1) is 14.5. The third-order valence-corrected chi connectivity index (χ3v) is 5.03. The minimum atomic E-state index is -0.444. The van der Waals surface area contributed by atoms with Crippen LogP contribution in [0.2, 0.25) is 0 Å². The molecule has 2 aromatic carbocycles. The molecule has 4 aromatic rings. The summed E-state index contributed by atoms with van der Waals surface area (Å²) in [7, 11) is 3.21.